The number of nitrogens with two attached hydrogens (primary N) is 1. The van der Waals surface area contributed by atoms with Crippen LogP contribution in [0, 0.1) is 0 Å². The maximum atomic E-state index is 11.9. The molecule has 0 bridgehead atoms. The number of hydrogen-bond acceptors (Lipinski definition) is 5. The molecule has 0 aliphatic rings. The lowest BCUT2D eigenvalue weighted by molar-refractivity contribution is -0.121. The van der Waals surface area contributed by atoms with Gasteiger partial charge < -0.3 is 16.0 Å². The zero-order chi connectivity index (χ0) is 13.5. The average molecular weight is 254 g/mol. The van der Waals surface area contributed by atoms with Gasteiger partial charge in [0, 0.05) is 20.1 Å². The Morgan fingerprint density at radius 1 is 1.56 bits per heavy atom. The number of hydrogen-bond donors (Lipinski definition) is 2. The molecule has 0 spiro atoms. The number of likely N-dealkylation sites (N-methyl/N-ethyl adjacent to an activating group) is 2. The first-order valence-corrected chi connectivity index (χ1v) is 5.70. The summed E-state index contributed by atoms with van der Waals surface area (Å²) < 4.78 is 1.49. The van der Waals surface area contributed by atoms with E-state index in [0.29, 0.717) is 19.6 Å². The van der Waals surface area contributed by atoms with Gasteiger partial charge in [-0.2, -0.15) is 0 Å². The molecule has 0 unspecified atom stereocenters. The highest BCUT2D eigenvalue weighted by Gasteiger charge is 2.17. The average Bonchev–Trinajstić information content (AvgIpc) is 2.77. The van der Waals surface area contributed by atoms with Crippen molar-refractivity contribution in [3.63, 3.8) is 0 Å². The standard InChI is InChI=1S/C10H18N6O2/c1-3-12-9(17)7-15(2)10(18)8-6-16(5-4-11)14-13-8/h6H,3-5,7,11H2,1-2H3,(H,12,17). The maximum Gasteiger partial charge on any atom is 0.276 e. The molecule has 1 aromatic rings. The van der Waals surface area contributed by atoms with Crippen LogP contribution in [0.1, 0.15) is 17.4 Å². The van der Waals surface area contributed by atoms with Gasteiger partial charge in [-0.1, -0.05) is 5.21 Å². The van der Waals surface area contributed by atoms with E-state index in [0.717, 1.165) is 0 Å². The maximum absolute atomic E-state index is 11.9. The van der Waals surface area contributed by atoms with Crippen molar-refractivity contribution in [2.45, 2.75) is 13.5 Å². The molecule has 1 heterocycles. The van der Waals surface area contributed by atoms with Crippen molar-refractivity contribution in [3.05, 3.63) is 11.9 Å². The predicted octanol–water partition coefficient (Wildman–Crippen LogP) is -1.56. The smallest absolute Gasteiger partial charge is 0.276 e. The van der Waals surface area contributed by atoms with Crippen LogP contribution in [-0.4, -0.2) is 58.4 Å². The first-order chi connectivity index (χ1) is 8.58. The third-order valence-electron chi connectivity index (χ3n) is 2.22. The van der Waals surface area contributed by atoms with E-state index >= 15 is 0 Å². The van der Waals surface area contributed by atoms with E-state index in [1.54, 1.807) is 7.05 Å². The summed E-state index contributed by atoms with van der Waals surface area (Å²) in [6, 6.07) is 0. The highest BCUT2D eigenvalue weighted by Crippen LogP contribution is 1.98. The highest BCUT2D eigenvalue weighted by atomic mass is 16.2. The minimum Gasteiger partial charge on any atom is -0.355 e. The molecule has 0 saturated carbocycles. The number of rotatable bonds is 6. The number of nitrogens with one attached hydrogen (secondary N) is 1. The Bertz CT molecular complexity index is 416. The molecule has 2 amide bonds. The van der Waals surface area contributed by atoms with Gasteiger partial charge in [-0.05, 0) is 6.92 Å². The minimum atomic E-state index is -0.343. The van der Waals surface area contributed by atoms with Gasteiger partial charge in [-0.3, -0.25) is 14.3 Å². The number of nitrogens with zero attached hydrogens (tertiary/aromatic N) is 4. The van der Waals surface area contributed by atoms with E-state index in [-0.39, 0.29) is 24.1 Å². The van der Waals surface area contributed by atoms with Crippen LogP contribution in [0.15, 0.2) is 6.20 Å². The Balaban J connectivity index is 2.59. The van der Waals surface area contributed by atoms with Crippen LogP contribution in [0.2, 0.25) is 0 Å². The lowest BCUT2D eigenvalue weighted by atomic mass is 10.4. The molecule has 1 aromatic heterocycles. The fourth-order valence-corrected chi connectivity index (χ4v) is 1.37. The van der Waals surface area contributed by atoms with Gasteiger partial charge in [-0.25, -0.2) is 0 Å². The van der Waals surface area contributed by atoms with Crippen LogP contribution in [0.5, 0.6) is 0 Å². The summed E-state index contributed by atoms with van der Waals surface area (Å²) in [6.45, 7) is 3.27. The second-order valence-corrected chi connectivity index (χ2v) is 3.77. The molecule has 3 N–H and O–H groups in total. The summed E-state index contributed by atoms with van der Waals surface area (Å²) >= 11 is 0. The number of aromatic nitrogens is 3. The summed E-state index contributed by atoms with van der Waals surface area (Å²) in [4.78, 5) is 24.5. The van der Waals surface area contributed by atoms with E-state index in [2.05, 4.69) is 15.6 Å². The summed E-state index contributed by atoms with van der Waals surface area (Å²) in [5, 5.41) is 10.1. The van der Waals surface area contributed by atoms with Gasteiger partial charge >= 0.3 is 0 Å². The van der Waals surface area contributed by atoms with Crippen molar-refractivity contribution in [2.24, 2.45) is 5.73 Å². The van der Waals surface area contributed by atoms with Gasteiger partial charge in [0.05, 0.1) is 19.3 Å². The predicted molar refractivity (Wildman–Crippen MR) is 64.7 cm³/mol. The van der Waals surface area contributed by atoms with Gasteiger partial charge in [-0.15, -0.1) is 5.10 Å². The van der Waals surface area contributed by atoms with E-state index in [9.17, 15) is 9.59 Å². The molecule has 0 aliphatic carbocycles. The van der Waals surface area contributed by atoms with E-state index in [1.807, 2.05) is 6.92 Å². The molecule has 0 aliphatic heterocycles. The SMILES string of the molecule is CCNC(=O)CN(C)C(=O)c1cn(CCN)nn1. The van der Waals surface area contributed by atoms with Crippen molar-refractivity contribution in [3.8, 4) is 0 Å². The number of carbonyl (C=O) groups is 2. The van der Waals surface area contributed by atoms with Crippen molar-refractivity contribution >= 4 is 11.8 Å². The van der Waals surface area contributed by atoms with Crippen molar-refractivity contribution in [1.82, 2.24) is 25.2 Å². The summed E-state index contributed by atoms with van der Waals surface area (Å²) in [5.41, 5.74) is 5.57. The number of carbonyl (C=O) groups excluding carboxylic acids is 2. The van der Waals surface area contributed by atoms with E-state index < -0.39 is 0 Å². The lowest BCUT2D eigenvalue weighted by Gasteiger charge is -2.14. The second-order valence-electron chi connectivity index (χ2n) is 3.77. The monoisotopic (exact) mass is 254 g/mol. The van der Waals surface area contributed by atoms with Gasteiger partial charge in [0.2, 0.25) is 5.91 Å². The van der Waals surface area contributed by atoms with Crippen molar-refractivity contribution in [2.75, 3.05) is 26.7 Å². The molecule has 0 atom stereocenters. The molecule has 0 radical (unpaired) electrons. The molecule has 8 heteroatoms. The Morgan fingerprint density at radius 2 is 2.28 bits per heavy atom. The molecule has 1 rings (SSSR count). The van der Waals surface area contributed by atoms with Crippen LogP contribution >= 0.6 is 0 Å². The Kier molecular flexibility index (Phi) is 5.25. The van der Waals surface area contributed by atoms with Gasteiger partial charge in [0.1, 0.15) is 0 Å². The largest absolute Gasteiger partial charge is 0.355 e. The Morgan fingerprint density at radius 3 is 2.89 bits per heavy atom. The van der Waals surface area contributed by atoms with Crippen LogP contribution < -0.4 is 11.1 Å². The van der Waals surface area contributed by atoms with Crippen LogP contribution in [0.3, 0.4) is 0 Å². The van der Waals surface area contributed by atoms with E-state index in [1.165, 1.54) is 15.8 Å². The molecule has 100 valence electrons. The first kappa shape index (κ1) is 14.1. The van der Waals surface area contributed by atoms with Gasteiger partial charge in [0.25, 0.3) is 5.91 Å². The summed E-state index contributed by atoms with van der Waals surface area (Å²) in [7, 11) is 1.54. The molecule has 0 fully saturated rings. The molecule has 0 saturated heterocycles. The second kappa shape index (κ2) is 6.70. The highest BCUT2D eigenvalue weighted by molar-refractivity contribution is 5.94. The molecule has 18 heavy (non-hydrogen) atoms. The summed E-state index contributed by atoms with van der Waals surface area (Å²) in [5.74, 6) is -0.549. The zero-order valence-electron chi connectivity index (χ0n) is 10.6. The fourth-order valence-electron chi connectivity index (χ4n) is 1.37. The Hall–Kier alpha value is -1.96. The van der Waals surface area contributed by atoms with E-state index in [4.69, 9.17) is 5.73 Å². The first-order valence-electron chi connectivity index (χ1n) is 5.70. The molecular weight excluding hydrogens is 236 g/mol. The van der Waals surface area contributed by atoms with Crippen LogP contribution in [0.4, 0.5) is 0 Å². The zero-order valence-corrected chi connectivity index (χ0v) is 10.6. The van der Waals surface area contributed by atoms with Gasteiger partial charge in [0.15, 0.2) is 5.69 Å². The lowest BCUT2D eigenvalue weighted by Crippen LogP contribution is -2.38. The number of amides is 2. The third-order valence-corrected chi connectivity index (χ3v) is 2.22. The Labute approximate surface area is 105 Å². The molecule has 8 nitrogen and oxygen atoms in total. The van der Waals surface area contributed by atoms with Crippen molar-refractivity contribution < 1.29 is 9.59 Å². The topological polar surface area (TPSA) is 106 Å². The summed E-state index contributed by atoms with van der Waals surface area (Å²) in [6.07, 6.45) is 1.52. The molecular formula is C10H18N6O2. The molecule has 0 aromatic carbocycles. The van der Waals surface area contributed by atoms with Crippen LogP contribution in [0.25, 0.3) is 0 Å². The van der Waals surface area contributed by atoms with Crippen LogP contribution in [-0.2, 0) is 11.3 Å². The van der Waals surface area contributed by atoms with Crippen molar-refractivity contribution in [1.29, 1.82) is 0 Å². The quantitative estimate of drug-likeness (QED) is 0.639. The third kappa shape index (κ3) is 3.81. The fraction of sp³-hybridized carbons (Fsp3) is 0.600. The normalized spacial score (nSPS) is 10.2. The minimum absolute atomic E-state index is 0.00355.